The smallest absolute Gasteiger partial charge is 0.337 e. The molecule has 21 heavy (non-hydrogen) atoms. The molecule has 110 valence electrons. The SMILES string of the molecule is COc1cccc(CNc2cc(OC)ccc2C(=O)O)c1. The quantitative estimate of drug-likeness (QED) is 0.854. The van der Waals surface area contributed by atoms with Crippen molar-refractivity contribution in [1.82, 2.24) is 0 Å². The first-order valence-corrected chi connectivity index (χ1v) is 6.42. The third kappa shape index (κ3) is 3.66. The molecule has 0 saturated heterocycles. The van der Waals surface area contributed by atoms with Crippen molar-refractivity contribution in [1.29, 1.82) is 0 Å². The van der Waals surface area contributed by atoms with Gasteiger partial charge in [0.1, 0.15) is 11.5 Å². The largest absolute Gasteiger partial charge is 0.497 e. The Labute approximate surface area is 123 Å². The highest BCUT2D eigenvalue weighted by molar-refractivity contribution is 5.94. The number of aromatic carboxylic acids is 1. The van der Waals surface area contributed by atoms with Crippen molar-refractivity contribution < 1.29 is 19.4 Å². The van der Waals surface area contributed by atoms with Crippen LogP contribution in [0.15, 0.2) is 42.5 Å². The molecule has 0 radical (unpaired) electrons. The number of hydrogen-bond acceptors (Lipinski definition) is 4. The van der Waals surface area contributed by atoms with Crippen molar-refractivity contribution in [3.63, 3.8) is 0 Å². The second kappa shape index (κ2) is 6.65. The van der Waals surface area contributed by atoms with Crippen molar-refractivity contribution in [3.8, 4) is 11.5 Å². The van der Waals surface area contributed by atoms with E-state index < -0.39 is 5.97 Å². The third-order valence-electron chi connectivity index (χ3n) is 3.07. The number of rotatable bonds is 6. The van der Waals surface area contributed by atoms with Gasteiger partial charge in [0.05, 0.1) is 25.5 Å². The summed E-state index contributed by atoms with van der Waals surface area (Å²) in [5, 5.41) is 12.3. The predicted octanol–water partition coefficient (Wildman–Crippen LogP) is 3.01. The van der Waals surface area contributed by atoms with Gasteiger partial charge in [0, 0.05) is 12.6 Å². The lowest BCUT2D eigenvalue weighted by Gasteiger charge is -2.12. The molecular formula is C16H17NO4. The van der Waals surface area contributed by atoms with Crippen molar-refractivity contribution in [2.75, 3.05) is 19.5 Å². The summed E-state index contributed by atoms with van der Waals surface area (Å²) < 4.78 is 10.3. The van der Waals surface area contributed by atoms with Crippen LogP contribution >= 0.6 is 0 Å². The van der Waals surface area contributed by atoms with E-state index in [4.69, 9.17) is 9.47 Å². The predicted molar refractivity (Wildman–Crippen MR) is 80.3 cm³/mol. The number of carboxylic acid groups (broad SMARTS) is 1. The molecule has 2 aromatic carbocycles. The zero-order chi connectivity index (χ0) is 15.2. The number of carboxylic acids is 1. The minimum atomic E-state index is -0.981. The van der Waals surface area contributed by atoms with Crippen molar-refractivity contribution in [3.05, 3.63) is 53.6 Å². The summed E-state index contributed by atoms with van der Waals surface area (Å²) in [4.78, 5) is 11.2. The van der Waals surface area contributed by atoms with E-state index in [0.29, 0.717) is 18.0 Å². The molecule has 0 spiro atoms. The molecule has 0 aliphatic rings. The topological polar surface area (TPSA) is 67.8 Å². The molecule has 0 unspecified atom stereocenters. The van der Waals surface area contributed by atoms with Gasteiger partial charge in [-0.2, -0.15) is 0 Å². The zero-order valence-electron chi connectivity index (χ0n) is 11.9. The van der Waals surface area contributed by atoms with Gasteiger partial charge in [0.15, 0.2) is 0 Å². The molecule has 0 aliphatic heterocycles. The van der Waals surface area contributed by atoms with Crippen LogP contribution in [0.4, 0.5) is 5.69 Å². The van der Waals surface area contributed by atoms with Crippen LogP contribution in [0.2, 0.25) is 0 Å². The van der Waals surface area contributed by atoms with Crippen LogP contribution in [-0.4, -0.2) is 25.3 Å². The van der Waals surface area contributed by atoms with E-state index in [1.54, 1.807) is 26.4 Å². The van der Waals surface area contributed by atoms with Gasteiger partial charge in [-0.05, 0) is 29.8 Å². The van der Waals surface area contributed by atoms with E-state index in [0.717, 1.165) is 11.3 Å². The lowest BCUT2D eigenvalue weighted by molar-refractivity contribution is 0.0698. The third-order valence-corrected chi connectivity index (χ3v) is 3.07. The van der Waals surface area contributed by atoms with Gasteiger partial charge in [-0.1, -0.05) is 12.1 Å². The number of ether oxygens (including phenoxy) is 2. The Kier molecular flexibility index (Phi) is 4.66. The summed E-state index contributed by atoms with van der Waals surface area (Å²) in [5.41, 5.74) is 1.72. The summed E-state index contributed by atoms with van der Waals surface area (Å²) in [5.74, 6) is 0.386. The number of nitrogens with one attached hydrogen (secondary N) is 1. The number of benzene rings is 2. The van der Waals surface area contributed by atoms with Crippen LogP contribution in [-0.2, 0) is 6.54 Å². The van der Waals surface area contributed by atoms with Crippen molar-refractivity contribution in [2.24, 2.45) is 0 Å². The van der Waals surface area contributed by atoms with Crippen LogP contribution in [0.5, 0.6) is 11.5 Å². The van der Waals surface area contributed by atoms with Gasteiger partial charge in [0.25, 0.3) is 0 Å². The first-order valence-electron chi connectivity index (χ1n) is 6.42. The molecular weight excluding hydrogens is 270 g/mol. The van der Waals surface area contributed by atoms with Gasteiger partial charge < -0.3 is 19.9 Å². The van der Waals surface area contributed by atoms with Crippen LogP contribution in [0, 0.1) is 0 Å². The van der Waals surface area contributed by atoms with Gasteiger partial charge in [-0.15, -0.1) is 0 Å². The summed E-state index contributed by atoms with van der Waals surface area (Å²) >= 11 is 0. The van der Waals surface area contributed by atoms with Crippen LogP contribution in [0.25, 0.3) is 0 Å². The fourth-order valence-corrected chi connectivity index (χ4v) is 1.96. The molecule has 5 nitrogen and oxygen atoms in total. The molecule has 0 aromatic heterocycles. The van der Waals surface area contributed by atoms with Gasteiger partial charge in [0.2, 0.25) is 0 Å². The second-order valence-electron chi connectivity index (χ2n) is 4.42. The molecule has 0 aliphatic carbocycles. The van der Waals surface area contributed by atoms with Gasteiger partial charge in [-0.25, -0.2) is 4.79 Å². The van der Waals surface area contributed by atoms with E-state index in [9.17, 15) is 9.90 Å². The molecule has 0 bridgehead atoms. The maximum atomic E-state index is 11.2. The van der Waals surface area contributed by atoms with E-state index in [2.05, 4.69) is 5.32 Å². The number of anilines is 1. The Morgan fingerprint density at radius 2 is 1.81 bits per heavy atom. The zero-order valence-corrected chi connectivity index (χ0v) is 11.9. The summed E-state index contributed by atoms with van der Waals surface area (Å²) in [6, 6.07) is 12.4. The van der Waals surface area contributed by atoms with E-state index >= 15 is 0 Å². The van der Waals surface area contributed by atoms with Crippen LogP contribution in [0.1, 0.15) is 15.9 Å². The highest BCUT2D eigenvalue weighted by Crippen LogP contribution is 2.23. The first-order chi connectivity index (χ1) is 10.1. The molecule has 2 N–H and O–H groups in total. The minimum absolute atomic E-state index is 0.207. The maximum absolute atomic E-state index is 11.2. The highest BCUT2D eigenvalue weighted by atomic mass is 16.5. The Morgan fingerprint density at radius 1 is 1.10 bits per heavy atom. The first kappa shape index (κ1) is 14.7. The van der Waals surface area contributed by atoms with E-state index in [-0.39, 0.29) is 5.56 Å². The molecule has 0 heterocycles. The van der Waals surface area contributed by atoms with Crippen LogP contribution < -0.4 is 14.8 Å². The van der Waals surface area contributed by atoms with Gasteiger partial charge >= 0.3 is 5.97 Å². The Balaban J connectivity index is 2.19. The molecule has 2 aromatic rings. The maximum Gasteiger partial charge on any atom is 0.337 e. The molecule has 0 amide bonds. The highest BCUT2D eigenvalue weighted by Gasteiger charge is 2.11. The lowest BCUT2D eigenvalue weighted by atomic mass is 10.1. The lowest BCUT2D eigenvalue weighted by Crippen LogP contribution is -2.06. The normalized spacial score (nSPS) is 10.0. The Hall–Kier alpha value is -2.69. The second-order valence-corrected chi connectivity index (χ2v) is 4.42. The van der Waals surface area contributed by atoms with E-state index in [1.807, 2.05) is 24.3 Å². The number of carbonyl (C=O) groups is 1. The standard InChI is InChI=1S/C16H17NO4/c1-20-12-5-3-4-11(8-12)10-17-15-9-13(21-2)6-7-14(15)16(18)19/h3-9,17H,10H2,1-2H3,(H,18,19). The molecule has 5 heteroatoms. The fraction of sp³-hybridized carbons (Fsp3) is 0.188. The monoisotopic (exact) mass is 287 g/mol. The molecule has 2 rings (SSSR count). The minimum Gasteiger partial charge on any atom is -0.497 e. The Bertz CT molecular complexity index is 640. The van der Waals surface area contributed by atoms with Crippen molar-refractivity contribution in [2.45, 2.75) is 6.54 Å². The summed E-state index contributed by atoms with van der Waals surface area (Å²) in [7, 11) is 3.15. The average molecular weight is 287 g/mol. The summed E-state index contributed by atoms with van der Waals surface area (Å²) in [6.07, 6.45) is 0. The summed E-state index contributed by atoms with van der Waals surface area (Å²) in [6.45, 7) is 0.491. The van der Waals surface area contributed by atoms with Crippen molar-refractivity contribution >= 4 is 11.7 Å². The Morgan fingerprint density at radius 3 is 2.48 bits per heavy atom. The van der Waals surface area contributed by atoms with E-state index in [1.165, 1.54) is 6.07 Å². The van der Waals surface area contributed by atoms with Gasteiger partial charge in [-0.3, -0.25) is 0 Å². The number of methoxy groups -OCH3 is 2. The molecule has 0 atom stereocenters. The molecule has 0 fully saturated rings. The fourth-order valence-electron chi connectivity index (χ4n) is 1.96. The molecule has 0 saturated carbocycles. The van der Waals surface area contributed by atoms with Crippen LogP contribution in [0.3, 0.4) is 0 Å². The number of hydrogen-bond donors (Lipinski definition) is 2. The average Bonchev–Trinajstić information content (AvgIpc) is 2.52.